The Hall–Kier alpha value is -4.63. The molecule has 2 atom stereocenters. The Kier molecular flexibility index (Phi) is 16.4. The zero-order chi connectivity index (χ0) is 38.2. The molecule has 0 aliphatic carbocycles. The predicted octanol–water partition coefficient (Wildman–Crippen LogP) is 8.32. The van der Waals surface area contributed by atoms with Crippen LogP contribution in [0.15, 0.2) is 79.0 Å². The Bertz CT molecular complexity index is 1800. The molecule has 1 heterocycles. The lowest BCUT2D eigenvalue weighted by atomic mass is 9.97. The number of fused-ring (bicyclic) bond motifs is 1. The van der Waals surface area contributed by atoms with Gasteiger partial charge in [-0.15, -0.1) is 0 Å². The number of carboxylic acid groups (broad SMARTS) is 1. The predicted molar refractivity (Wildman–Crippen MR) is 212 cm³/mol. The number of carbonyl (C=O) groups excluding carboxylic acids is 3. The summed E-state index contributed by atoms with van der Waals surface area (Å²) in [5.74, 6) is -2.30. The number of aliphatic carboxylic acids is 1. The first-order chi connectivity index (χ1) is 25.6. The maximum atomic E-state index is 14.6. The van der Waals surface area contributed by atoms with Crippen molar-refractivity contribution in [2.75, 3.05) is 6.54 Å². The minimum atomic E-state index is -1.02. The standard InChI is InChI=1S/C43H55ClN4O5/c1-3-5-7-8-9-15-31-22-24-32(25-23-31)27-34(28-40(45)49)48(26-6-4-2)43(53)38(19-14-21-41(50)51)46-42(52)36-30-47(39-20-13-11-17-35(36)39)29-33-16-10-12-18-37(33)44/h10-13,16-18,20,22-25,30,34,38H,3-9,14-15,19,21,26-29H2,1-2H3,(H2,45,49)(H,46,52)(H,50,51)/t34-,38-/m0/s1. The highest BCUT2D eigenvalue weighted by atomic mass is 35.5. The number of nitrogens with zero attached hydrogens (tertiary/aromatic N) is 2. The molecule has 0 saturated heterocycles. The van der Waals surface area contributed by atoms with Gasteiger partial charge in [0.15, 0.2) is 0 Å². The summed E-state index contributed by atoms with van der Waals surface area (Å²) in [5, 5.41) is 13.7. The molecule has 4 aromatic rings. The van der Waals surface area contributed by atoms with E-state index in [0.29, 0.717) is 41.9 Å². The van der Waals surface area contributed by atoms with E-state index in [1.165, 1.54) is 31.2 Å². The second kappa shape index (κ2) is 21.2. The number of carbonyl (C=O) groups is 4. The van der Waals surface area contributed by atoms with Gasteiger partial charge in [-0.05, 0) is 67.3 Å². The molecule has 53 heavy (non-hydrogen) atoms. The fourth-order valence-electron chi connectivity index (χ4n) is 6.89. The molecule has 3 amide bonds. The Balaban J connectivity index is 1.60. The fraction of sp³-hybridized carbons (Fsp3) is 0.442. The molecule has 3 aromatic carbocycles. The van der Waals surface area contributed by atoms with Crippen molar-refractivity contribution in [3.63, 3.8) is 0 Å². The minimum Gasteiger partial charge on any atom is -0.481 e. The number of nitrogens with two attached hydrogens (primary N) is 1. The van der Waals surface area contributed by atoms with E-state index >= 15 is 0 Å². The first kappa shape index (κ1) is 41.1. The number of hydrogen-bond acceptors (Lipinski definition) is 4. The fourth-order valence-corrected chi connectivity index (χ4v) is 7.09. The monoisotopic (exact) mass is 742 g/mol. The third kappa shape index (κ3) is 12.5. The number of rotatable bonds is 23. The van der Waals surface area contributed by atoms with Gasteiger partial charge in [0.1, 0.15) is 6.04 Å². The first-order valence-electron chi connectivity index (χ1n) is 19.1. The van der Waals surface area contributed by atoms with Crippen molar-refractivity contribution in [1.29, 1.82) is 0 Å². The van der Waals surface area contributed by atoms with E-state index in [0.717, 1.165) is 35.9 Å². The molecule has 1 aromatic heterocycles. The van der Waals surface area contributed by atoms with Crippen molar-refractivity contribution >= 4 is 46.2 Å². The molecule has 0 bridgehead atoms. The number of unbranched alkanes of at least 4 members (excludes halogenated alkanes) is 5. The van der Waals surface area contributed by atoms with Crippen molar-refractivity contribution in [2.45, 2.75) is 116 Å². The maximum Gasteiger partial charge on any atom is 0.303 e. The van der Waals surface area contributed by atoms with Crippen LogP contribution in [0.4, 0.5) is 0 Å². The van der Waals surface area contributed by atoms with E-state index < -0.39 is 29.9 Å². The van der Waals surface area contributed by atoms with Gasteiger partial charge in [-0.1, -0.05) is 118 Å². The zero-order valence-corrected chi connectivity index (χ0v) is 32.0. The number of aromatic nitrogens is 1. The van der Waals surface area contributed by atoms with Crippen LogP contribution < -0.4 is 11.1 Å². The summed E-state index contributed by atoms with van der Waals surface area (Å²) in [4.78, 5) is 54.3. The number of primary amides is 1. The lowest BCUT2D eigenvalue weighted by Gasteiger charge is -2.34. The van der Waals surface area contributed by atoms with Gasteiger partial charge < -0.3 is 25.6 Å². The molecule has 0 unspecified atom stereocenters. The Morgan fingerprint density at radius 3 is 2.23 bits per heavy atom. The smallest absolute Gasteiger partial charge is 0.303 e. The molecule has 0 aliphatic heterocycles. The minimum absolute atomic E-state index is 0.0417. The van der Waals surface area contributed by atoms with Gasteiger partial charge in [0.05, 0.1) is 5.56 Å². The van der Waals surface area contributed by atoms with Crippen LogP contribution in [0.1, 0.15) is 112 Å². The van der Waals surface area contributed by atoms with Crippen LogP contribution in [0.2, 0.25) is 5.02 Å². The number of hydrogen-bond donors (Lipinski definition) is 3. The summed E-state index contributed by atoms with van der Waals surface area (Å²) >= 11 is 6.48. The van der Waals surface area contributed by atoms with E-state index in [4.69, 9.17) is 17.3 Å². The molecular formula is C43H55ClN4O5. The lowest BCUT2D eigenvalue weighted by Crippen LogP contribution is -2.53. The van der Waals surface area contributed by atoms with E-state index in [9.17, 15) is 24.3 Å². The molecule has 0 fully saturated rings. The number of amides is 3. The van der Waals surface area contributed by atoms with Gasteiger partial charge in [0.2, 0.25) is 11.8 Å². The van der Waals surface area contributed by atoms with Gasteiger partial charge >= 0.3 is 5.97 Å². The van der Waals surface area contributed by atoms with Crippen LogP contribution in [-0.2, 0) is 33.8 Å². The number of para-hydroxylation sites is 1. The Morgan fingerprint density at radius 2 is 1.53 bits per heavy atom. The Labute approximate surface area is 318 Å². The van der Waals surface area contributed by atoms with Crippen molar-refractivity contribution in [3.05, 3.63) is 106 Å². The van der Waals surface area contributed by atoms with Crippen LogP contribution >= 0.6 is 11.6 Å². The molecule has 0 saturated carbocycles. The topological polar surface area (TPSA) is 135 Å². The maximum absolute atomic E-state index is 14.6. The number of halogens is 1. The van der Waals surface area contributed by atoms with Crippen LogP contribution in [0.25, 0.3) is 10.9 Å². The summed E-state index contributed by atoms with van der Waals surface area (Å²) in [5.41, 5.74) is 10.1. The van der Waals surface area contributed by atoms with E-state index in [1.54, 1.807) is 11.1 Å². The second-order valence-corrected chi connectivity index (χ2v) is 14.4. The number of carboxylic acids is 1. The lowest BCUT2D eigenvalue weighted by molar-refractivity contribution is -0.139. The van der Waals surface area contributed by atoms with Crippen molar-refractivity contribution in [3.8, 4) is 0 Å². The highest BCUT2D eigenvalue weighted by Gasteiger charge is 2.32. The molecule has 10 heteroatoms. The normalized spacial score (nSPS) is 12.4. The number of benzene rings is 3. The van der Waals surface area contributed by atoms with Crippen molar-refractivity contribution in [2.24, 2.45) is 5.73 Å². The summed E-state index contributed by atoms with van der Waals surface area (Å²) in [6.45, 7) is 5.04. The molecule has 4 rings (SSSR count). The molecule has 0 spiro atoms. The first-order valence-corrected chi connectivity index (χ1v) is 19.5. The van der Waals surface area contributed by atoms with Gasteiger partial charge in [-0.3, -0.25) is 19.2 Å². The van der Waals surface area contributed by atoms with Gasteiger partial charge in [0.25, 0.3) is 5.91 Å². The average Bonchev–Trinajstić information content (AvgIpc) is 3.50. The zero-order valence-electron chi connectivity index (χ0n) is 31.2. The van der Waals surface area contributed by atoms with Gasteiger partial charge in [-0.2, -0.15) is 0 Å². The van der Waals surface area contributed by atoms with E-state index in [2.05, 4.69) is 36.5 Å². The number of nitrogens with one attached hydrogen (secondary N) is 1. The molecule has 0 radical (unpaired) electrons. The van der Waals surface area contributed by atoms with Gasteiger partial charge in [0, 0.05) is 54.1 Å². The van der Waals surface area contributed by atoms with Gasteiger partial charge in [-0.25, -0.2) is 0 Å². The summed E-state index contributed by atoms with van der Waals surface area (Å²) < 4.78 is 1.96. The van der Waals surface area contributed by atoms with Crippen LogP contribution in [0.3, 0.4) is 0 Å². The Morgan fingerprint density at radius 1 is 0.849 bits per heavy atom. The molecule has 9 nitrogen and oxygen atoms in total. The third-order valence-electron chi connectivity index (χ3n) is 9.80. The molecule has 4 N–H and O–H groups in total. The number of aryl methyl sites for hydroxylation is 1. The summed E-state index contributed by atoms with van der Waals surface area (Å²) in [6, 6.07) is 21.9. The molecular weight excluding hydrogens is 688 g/mol. The SMILES string of the molecule is CCCCCCCc1ccc(C[C@@H](CC(N)=O)N(CCCC)C(=O)[C@H](CCCC(=O)O)NC(=O)c2cn(Cc3ccccc3Cl)c3ccccc23)cc1. The highest BCUT2D eigenvalue weighted by Crippen LogP contribution is 2.26. The molecule has 284 valence electrons. The quantitative estimate of drug-likeness (QED) is 0.0657. The average molecular weight is 743 g/mol. The largest absolute Gasteiger partial charge is 0.481 e. The molecule has 0 aliphatic rings. The highest BCUT2D eigenvalue weighted by molar-refractivity contribution is 6.31. The van der Waals surface area contributed by atoms with Crippen LogP contribution in [-0.4, -0.2) is 56.9 Å². The third-order valence-corrected chi connectivity index (χ3v) is 10.2. The summed E-state index contributed by atoms with van der Waals surface area (Å²) in [6.07, 6.45) is 10.9. The van der Waals surface area contributed by atoms with Crippen LogP contribution in [0.5, 0.6) is 0 Å². The van der Waals surface area contributed by atoms with E-state index in [1.807, 2.05) is 60.0 Å². The van der Waals surface area contributed by atoms with Crippen molar-refractivity contribution in [1.82, 2.24) is 14.8 Å². The second-order valence-electron chi connectivity index (χ2n) is 14.0. The van der Waals surface area contributed by atoms with Crippen LogP contribution in [0, 0.1) is 0 Å². The summed E-state index contributed by atoms with van der Waals surface area (Å²) in [7, 11) is 0. The van der Waals surface area contributed by atoms with E-state index in [-0.39, 0.29) is 31.6 Å². The van der Waals surface area contributed by atoms with Crippen molar-refractivity contribution < 1.29 is 24.3 Å².